The van der Waals surface area contributed by atoms with Gasteiger partial charge in [-0.15, -0.1) is 0 Å². The average Bonchev–Trinajstić information content (AvgIpc) is 2.46. The maximum atomic E-state index is 12.1. The van der Waals surface area contributed by atoms with E-state index in [9.17, 15) is 4.79 Å². The van der Waals surface area contributed by atoms with Crippen LogP contribution in [0.2, 0.25) is 0 Å². The molecule has 1 fully saturated rings. The van der Waals surface area contributed by atoms with Gasteiger partial charge in [0, 0.05) is 26.2 Å². The zero-order valence-electron chi connectivity index (χ0n) is 13.8. The number of methoxy groups -OCH3 is 1. The lowest BCUT2D eigenvalue weighted by atomic mass is 10.2. The molecule has 2 N–H and O–H groups in total. The van der Waals surface area contributed by atoms with Gasteiger partial charge in [0.05, 0.1) is 18.5 Å². The van der Waals surface area contributed by atoms with Crippen LogP contribution in [0.4, 0.5) is 16.2 Å². The van der Waals surface area contributed by atoms with Gasteiger partial charge in [0.15, 0.2) is 0 Å². The number of rotatable bonds is 2. The van der Waals surface area contributed by atoms with E-state index in [1.165, 1.54) is 0 Å². The van der Waals surface area contributed by atoms with Gasteiger partial charge in [-0.05, 0) is 32.9 Å². The number of nitrogens with zero attached hydrogens (tertiary/aromatic N) is 2. The van der Waals surface area contributed by atoms with E-state index in [1.807, 2.05) is 39.0 Å². The molecule has 1 aliphatic heterocycles. The lowest BCUT2D eigenvalue weighted by Crippen LogP contribution is -2.50. The van der Waals surface area contributed by atoms with E-state index in [2.05, 4.69) is 4.90 Å². The fraction of sp³-hybridized carbons (Fsp3) is 0.562. The molecule has 6 nitrogen and oxygen atoms in total. The summed E-state index contributed by atoms with van der Waals surface area (Å²) in [6.07, 6.45) is -0.259. The second kappa shape index (κ2) is 6.34. The first kappa shape index (κ1) is 16.3. The van der Waals surface area contributed by atoms with Crippen molar-refractivity contribution in [2.75, 3.05) is 43.9 Å². The molecule has 22 heavy (non-hydrogen) atoms. The van der Waals surface area contributed by atoms with Crippen molar-refractivity contribution >= 4 is 17.5 Å². The van der Waals surface area contributed by atoms with Crippen LogP contribution in [0.5, 0.6) is 5.75 Å². The Hall–Kier alpha value is -2.11. The van der Waals surface area contributed by atoms with Crippen molar-refractivity contribution in [1.82, 2.24) is 4.90 Å². The van der Waals surface area contributed by atoms with Gasteiger partial charge in [0.25, 0.3) is 0 Å². The summed E-state index contributed by atoms with van der Waals surface area (Å²) in [4.78, 5) is 16.0. The Kier molecular flexibility index (Phi) is 4.68. The highest BCUT2D eigenvalue weighted by Crippen LogP contribution is 2.32. The van der Waals surface area contributed by atoms with Crippen LogP contribution in [-0.2, 0) is 4.74 Å². The van der Waals surface area contributed by atoms with E-state index >= 15 is 0 Å². The van der Waals surface area contributed by atoms with Crippen LogP contribution in [0.25, 0.3) is 0 Å². The first-order valence-electron chi connectivity index (χ1n) is 7.47. The lowest BCUT2D eigenvalue weighted by Gasteiger charge is -2.37. The zero-order chi connectivity index (χ0) is 16.3. The first-order valence-corrected chi connectivity index (χ1v) is 7.47. The van der Waals surface area contributed by atoms with Crippen molar-refractivity contribution in [3.8, 4) is 5.75 Å². The van der Waals surface area contributed by atoms with Crippen LogP contribution < -0.4 is 15.4 Å². The van der Waals surface area contributed by atoms with Crippen LogP contribution >= 0.6 is 0 Å². The number of amides is 1. The number of carbonyl (C=O) groups excluding carboxylic acids is 1. The van der Waals surface area contributed by atoms with Gasteiger partial charge in [-0.1, -0.05) is 6.07 Å². The average molecular weight is 307 g/mol. The van der Waals surface area contributed by atoms with E-state index in [0.717, 1.165) is 18.8 Å². The van der Waals surface area contributed by atoms with E-state index in [-0.39, 0.29) is 6.09 Å². The molecule has 0 saturated carbocycles. The molecule has 0 spiro atoms. The summed E-state index contributed by atoms with van der Waals surface area (Å²) in [5.74, 6) is 0.673. The Labute approximate surface area is 131 Å². The van der Waals surface area contributed by atoms with Crippen molar-refractivity contribution < 1.29 is 14.3 Å². The van der Waals surface area contributed by atoms with Crippen molar-refractivity contribution in [2.45, 2.75) is 26.4 Å². The van der Waals surface area contributed by atoms with Gasteiger partial charge in [-0.2, -0.15) is 0 Å². The molecule has 2 rings (SSSR count). The van der Waals surface area contributed by atoms with Gasteiger partial charge in [0.2, 0.25) is 0 Å². The SMILES string of the molecule is COc1cccc(N2CCN(C(=O)OC(C)(C)C)CC2)c1N. The van der Waals surface area contributed by atoms with Crippen LogP contribution in [0.3, 0.4) is 0 Å². The van der Waals surface area contributed by atoms with Crippen LogP contribution in [0.15, 0.2) is 18.2 Å². The molecule has 1 aliphatic rings. The molecule has 0 radical (unpaired) electrons. The minimum absolute atomic E-state index is 0.259. The highest BCUT2D eigenvalue weighted by molar-refractivity contribution is 5.75. The highest BCUT2D eigenvalue weighted by Gasteiger charge is 2.26. The number of benzene rings is 1. The molecule has 0 bridgehead atoms. The molecule has 1 heterocycles. The Bertz CT molecular complexity index is 532. The zero-order valence-corrected chi connectivity index (χ0v) is 13.8. The van der Waals surface area contributed by atoms with Gasteiger partial charge in [-0.3, -0.25) is 0 Å². The number of ether oxygens (including phenoxy) is 2. The Balaban J connectivity index is 1.99. The summed E-state index contributed by atoms with van der Waals surface area (Å²) >= 11 is 0. The monoisotopic (exact) mass is 307 g/mol. The van der Waals surface area contributed by atoms with Crippen LogP contribution in [-0.4, -0.2) is 49.9 Å². The molecule has 1 saturated heterocycles. The Morgan fingerprint density at radius 1 is 1.18 bits per heavy atom. The molecule has 1 amide bonds. The van der Waals surface area contributed by atoms with Crippen molar-refractivity contribution in [2.24, 2.45) is 0 Å². The Morgan fingerprint density at radius 2 is 1.82 bits per heavy atom. The number of hydrogen-bond donors (Lipinski definition) is 1. The third-order valence-corrected chi connectivity index (χ3v) is 3.54. The van der Waals surface area contributed by atoms with E-state index < -0.39 is 5.60 Å². The predicted molar refractivity (Wildman–Crippen MR) is 87.4 cm³/mol. The number of para-hydroxylation sites is 1. The second-order valence-corrected chi connectivity index (χ2v) is 6.35. The highest BCUT2D eigenvalue weighted by atomic mass is 16.6. The summed E-state index contributed by atoms with van der Waals surface area (Å²) in [5.41, 5.74) is 7.25. The Morgan fingerprint density at radius 3 is 2.36 bits per heavy atom. The van der Waals surface area contributed by atoms with Gasteiger partial charge in [-0.25, -0.2) is 4.79 Å². The largest absolute Gasteiger partial charge is 0.495 e. The fourth-order valence-corrected chi connectivity index (χ4v) is 2.44. The van der Waals surface area contributed by atoms with Gasteiger partial charge < -0.3 is 25.0 Å². The molecule has 0 atom stereocenters. The summed E-state index contributed by atoms with van der Waals surface area (Å²) in [7, 11) is 1.61. The summed E-state index contributed by atoms with van der Waals surface area (Å²) in [6.45, 7) is 8.29. The molecular weight excluding hydrogens is 282 g/mol. The molecule has 122 valence electrons. The van der Waals surface area contributed by atoms with E-state index in [4.69, 9.17) is 15.2 Å². The molecule has 1 aromatic rings. The van der Waals surface area contributed by atoms with Gasteiger partial charge in [0.1, 0.15) is 11.4 Å². The number of nitrogen functional groups attached to an aromatic ring is 1. The third-order valence-electron chi connectivity index (χ3n) is 3.54. The molecule has 0 aliphatic carbocycles. The second-order valence-electron chi connectivity index (χ2n) is 6.35. The molecule has 0 unspecified atom stereocenters. The van der Waals surface area contributed by atoms with Crippen molar-refractivity contribution in [3.63, 3.8) is 0 Å². The van der Waals surface area contributed by atoms with Crippen LogP contribution in [0.1, 0.15) is 20.8 Å². The lowest BCUT2D eigenvalue weighted by molar-refractivity contribution is 0.0240. The third kappa shape index (κ3) is 3.75. The van der Waals surface area contributed by atoms with Gasteiger partial charge >= 0.3 is 6.09 Å². The molecule has 6 heteroatoms. The molecular formula is C16H25N3O3. The molecule has 0 aromatic heterocycles. The number of carbonyl (C=O) groups is 1. The van der Waals surface area contributed by atoms with Crippen molar-refractivity contribution in [3.05, 3.63) is 18.2 Å². The predicted octanol–water partition coefficient (Wildman–Crippen LogP) is 2.33. The number of piperazine rings is 1. The maximum absolute atomic E-state index is 12.1. The topological polar surface area (TPSA) is 68.0 Å². The summed E-state index contributed by atoms with van der Waals surface area (Å²) in [5, 5.41) is 0. The maximum Gasteiger partial charge on any atom is 0.410 e. The summed E-state index contributed by atoms with van der Waals surface area (Å²) in [6, 6.07) is 5.74. The standard InChI is InChI=1S/C16H25N3O3/c1-16(2,3)22-15(20)19-10-8-18(9-11-19)12-6-5-7-13(21-4)14(12)17/h5-7H,8-11,17H2,1-4H3. The van der Waals surface area contributed by atoms with E-state index in [1.54, 1.807) is 12.0 Å². The number of hydrogen-bond acceptors (Lipinski definition) is 5. The number of anilines is 2. The fourth-order valence-electron chi connectivity index (χ4n) is 2.44. The number of nitrogens with two attached hydrogens (primary N) is 1. The normalized spacial score (nSPS) is 15.6. The van der Waals surface area contributed by atoms with Crippen molar-refractivity contribution in [1.29, 1.82) is 0 Å². The van der Waals surface area contributed by atoms with E-state index in [0.29, 0.717) is 24.5 Å². The summed E-state index contributed by atoms with van der Waals surface area (Å²) < 4.78 is 10.7. The minimum Gasteiger partial charge on any atom is -0.495 e. The smallest absolute Gasteiger partial charge is 0.410 e. The molecule has 1 aromatic carbocycles. The van der Waals surface area contributed by atoms with Crippen LogP contribution in [0, 0.1) is 0 Å². The first-order chi connectivity index (χ1) is 10.3. The quantitative estimate of drug-likeness (QED) is 0.849. The minimum atomic E-state index is -0.467.